The van der Waals surface area contributed by atoms with Crippen LogP contribution in [0.25, 0.3) is 5.69 Å². The molecule has 2 rings (SSSR count). The van der Waals surface area contributed by atoms with Gasteiger partial charge in [-0.15, -0.1) is 0 Å². The van der Waals surface area contributed by atoms with Crippen LogP contribution in [0, 0.1) is 13.8 Å². The topological polar surface area (TPSA) is 29.9 Å². The van der Waals surface area contributed by atoms with Crippen molar-refractivity contribution in [2.75, 3.05) is 6.54 Å². The zero-order chi connectivity index (χ0) is 14.7. The van der Waals surface area contributed by atoms with E-state index < -0.39 is 0 Å². The van der Waals surface area contributed by atoms with Gasteiger partial charge in [0, 0.05) is 22.8 Å². The number of rotatable bonds is 5. The van der Waals surface area contributed by atoms with E-state index in [1.807, 2.05) is 23.7 Å². The number of hydrogen-bond acceptors (Lipinski definition) is 2. The van der Waals surface area contributed by atoms with Crippen molar-refractivity contribution in [2.45, 2.75) is 33.7 Å². The highest BCUT2D eigenvalue weighted by Gasteiger charge is 2.14. The molecule has 0 spiro atoms. The standard InChI is InChI=1S/C15H19Cl2N3/c1-4-7-18-9-13-10(2)19-20(11(13)3)15-6-5-12(16)8-14(15)17/h5-6,8,18H,4,7,9H2,1-3H3. The summed E-state index contributed by atoms with van der Waals surface area (Å²) < 4.78 is 1.89. The number of benzene rings is 1. The molecule has 0 amide bonds. The van der Waals surface area contributed by atoms with Crippen molar-refractivity contribution in [3.8, 4) is 5.69 Å². The Balaban J connectivity index is 2.35. The summed E-state index contributed by atoms with van der Waals surface area (Å²) in [7, 11) is 0. The lowest BCUT2D eigenvalue weighted by atomic mass is 10.2. The average Bonchev–Trinajstić information content (AvgIpc) is 2.67. The molecule has 1 N–H and O–H groups in total. The lowest BCUT2D eigenvalue weighted by molar-refractivity contribution is 0.670. The second kappa shape index (κ2) is 6.61. The molecular weight excluding hydrogens is 293 g/mol. The van der Waals surface area contributed by atoms with Crippen LogP contribution < -0.4 is 5.32 Å². The Kier molecular flexibility index (Phi) is 5.08. The summed E-state index contributed by atoms with van der Waals surface area (Å²) >= 11 is 12.2. The van der Waals surface area contributed by atoms with E-state index in [0.29, 0.717) is 10.0 Å². The molecule has 20 heavy (non-hydrogen) atoms. The number of aromatic nitrogens is 2. The van der Waals surface area contributed by atoms with E-state index >= 15 is 0 Å². The highest BCUT2D eigenvalue weighted by atomic mass is 35.5. The van der Waals surface area contributed by atoms with Gasteiger partial charge in [0.2, 0.25) is 0 Å². The molecule has 1 aromatic carbocycles. The Morgan fingerprint density at radius 3 is 2.65 bits per heavy atom. The van der Waals surface area contributed by atoms with E-state index in [0.717, 1.165) is 36.6 Å². The maximum Gasteiger partial charge on any atom is 0.0836 e. The Labute approximate surface area is 129 Å². The van der Waals surface area contributed by atoms with Gasteiger partial charge in [0.05, 0.1) is 16.4 Å². The zero-order valence-corrected chi connectivity index (χ0v) is 13.5. The lowest BCUT2D eigenvalue weighted by Crippen LogP contribution is -2.15. The van der Waals surface area contributed by atoms with Gasteiger partial charge < -0.3 is 5.32 Å². The van der Waals surface area contributed by atoms with Gasteiger partial charge >= 0.3 is 0 Å². The summed E-state index contributed by atoms with van der Waals surface area (Å²) in [5.41, 5.74) is 4.22. The summed E-state index contributed by atoms with van der Waals surface area (Å²) in [6.07, 6.45) is 1.12. The Morgan fingerprint density at radius 1 is 1.25 bits per heavy atom. The molecule has 108 valence electrons. The molecule has 3 nitrogen and oxygen atoms in total. The first-order valence-corrected chi connectivity index (χ1v) is 7.51. The lowest BCUT2D eigenvalue weighted by Gasteiger charge is -2.08. The van der Waals surface area contributed by atoms with Gasteiger partial charge in [-0.05, 0) is 45.0 Å². The summed E-state index contributed by atoms with van der Waals surface area (Å²) in [6.45, 7) is 8.08. The maximum absolute atomic E-state index is 6.26. The van der Waals surface area contributed by atoms with Gasteiger partial charge in [0.1, 0.15) is 0 Å². The van der Waals surface area contributed by atoms with E-state index in [9.17, 15) is 0 Å². The van der Waals surface area contributed by atoms with Crippen LogP contribution in [0.15, 0.2) is 18.2 Å². The number of hydrogen-bond donors (Lipinski definition) is 1. The van der Waals surface area contributed by atoms with Crippen molar-refractivity contribution in [1.29, 1.82) is 0 Å². The van der Waals surface area contributed by atoms with Crippen LogP contribution in [0.5, 0.6) is 0 Å². The minimum absolute atomic E-state index is 0.608. The number of halogens is 2. The third-order valence-electron chi connectivity index (χ3n) is 3.31. The van der Waals surface area contributed by atoms with Crippen molar-refractivity contribution >= 4 is 23.2 Å². The van der Waals surface area contributed by atoms with E-state index in [2.05, 4.69) is 24.3 Å². The monoisotopic (exact) mass is 311 g/mol. The molecule has 0 aliphatic carbocycles. The molecule has 2 aromatic rings. The van der Waals surface area contributed by atoms with Gasteiger partial charge in [-0.25, -0.2) is 4.68 Å². The first kappa shape index (κ1) is 15.4. The number of nitrogens with one attached hydrogen (secondary N) is 1. The predicted molar refractivity (Wildman–Crippen MR) is 85.1 cm³/mol. The molecule has 0 unspecified atom stereocenters. The molecule has 0 aliphatic rings. The van der Waals surface area contributed by atoms with Crippen molar-refractivity contribution in [2.24, 2.45) is 0 Å². The fourth-order valence-corrected chi connectivity index (χ4v) is 2.70. The third-order valence-corrected chi connectivity index (χ3v) is 3.85. The maximum atomic E-state index is 6.26. The van der Waals surface area contributed by atoms with Crippen molar-refractivity contribution in [3.63, 3.8) is 0 Å². The average molecular weight is 312 g/mol. The van der Waals surface area contributed by atoms with Crippen LogP contribution in [0.2, 0.25) is 10.0 Å². The highest BCUT2D eigenvalue weighted by Crippen LogP contribution is 2.26. The van der Waals surface area contributed by atoms with Crippen molar-refractivity contribution in [3.05, 3.63) is 45.2 Å². The van der Waals surface area contributed by atoms with Gasteiger partial charge in [-0.1, -0.05) is 30.1 Å². The van der Waals surface area contributed by atoms with Crippen molar-refractivity contribution < 1.29 is 0 Å². The molecule has 0 saturated heterocycles. The Morgan fingerprint density at radius 2 is 2.00 bits per heavy atom. The quantitative estimate of drug-likeness (QED) is 0.834. The second-order valence-corrected chi connectivity index (χ2v) is 5.68. The molecule has 0 fully saturated rings. The summed E-state index contributed by atoms with van der Waals surface area (Å²) in [5.74, 6) is 0. The van der Waals surface area contributed by atoms with Crippen LogP contribution >= 0.6 is 23.2 Å². The van der Waals surface area contributed by atoms with Crippen LogP contribution in [-0.4, -0.2) is 16.3 Å². The first-order chi connectivity index (χ1) is 9.54. The Bertz CT molecular complexity index is 605. The molecule has 0 saturated carbocycles. The molecule has 0 aliphatic heterocycles. The largest absolute Gasteiger partial charge is 0.313 e. The molecular formula is C15H19Cl2N3. The fraction of sp³-hybridized carbons (Fsp3) is 0.400. The van der Waals surface area contributed by atoms with Crippen LogP contribution in [-0.2, 0) is 6.54 Å². The van der Waals surface area contributed by atoms with E-state index in [1.54, 1.807) is 6.07 Å². The number of aryl methyl sites for hydroxylation is 1. The molecule has 5 heteroatoms. The molecule has 1 heterocycles. The van der Waals surface area contributed by atoms with E-state index in [1.165, 1.54) is 5.56 Å². The molecule has 1 aromatic heterocycles. The SMILES string of the molecule is CCCNCc1c(C)nn(-c2ccc(Cl)cc2Cl)c1C. The zero-order valence-electron chi connectivity index (χ0n) is 12.0. The van der Waals surface area contributed by atoms with E-state index in [4.69, 9.17) is 23.2 Å². The van der Waals surface area contributed by atoms with Crippen LogP contribution in [0.1, 0.15) is 30.3 Å². The predicted octanol–water partition coefficient (Wildman–Crippen LogP) is 4.30. The van der Waals surface area contributed by atoms with Gasteiger partial charge in [0.15, 0.2) is 0 Å². The molecule has 0 bridgehead atoms. The Hall–Kier alpha value is -1.03. The third kappa shape index (κ3) is 3.17. The summed E-state index contributed by atoms with van der Waals surface area (Å²) in [4.78, 5) is 0. The fourth-order valence-electron chi connectivity index (χ4n) is 2.21. The van der Waals surface area contributed by atoms with Crippen LogP contribution in [0.4, 0.5) is 0 Å². The van der Waals surface area contributed by atoms with Gasteiger partial charge in [-0.3, -0.25) is 0 Å². The number of nitrogens with zero attached hydrogens (tertiary/aromatic N) is 2. The normalized spacial score (nSPS) is 11.1. The summed E-state index contributed by atoms with van der Waals surface area (Å²) in [5, 5.41) is 9.25. The molecule has 0 radical (unpaired) electrons. The summed E-state index contributed by atoms with van der Waals surface area (Å²) in [6, 6.07) is 5.46. The molecule has 0 atom stereocenters. The first-order valence-electron chi connectivity index (χ1n) is 6.75. The minimum atomic E-state index is 0.608. The smallest absolute Gasteiger partial charge is 0.0836 e. The minimum Gasteiger partial charge on any atom is -0.313 e. The highest BCUT2D eigenvalue weighted by molar-refractivity contribution is 6.35. The van der Waals surface area contributed by atoms with Gasteiger partial charge in [-0.2, -0.15) is 5.10 Å². The second-order valence-electron chi connectivity index (χ2n) is 4.83. The van der Waals surface area contributed by atoms with Crippen LogP contribution in [0.3, 0.4) is 0 Å². The van der Waals surface area contributed by atoms with Gasteiger partial charge in [0.25, 0.3) is 0 Å². The van der Waals surface area contributed by atoms with Crippen molar-refractivity contribution in [1.82, 2.24) is 15.1 Å². The van der Waals surface area contributed by atoms with E-state index in [-0.39, 0.29) is 0 Å².